The standard InChI is InChI=1S/C20H16N2O4/c23-17(25-11-10-14-6-2-1-3-7-14)12-22-13-21-18-15-8-4-5-9-16(15)26-19(18)20(22)24/h1-9,13H,10-12H2. The topological polar surface area (TPSA) is 74.3 Å². The zero-order chi connectivity index (χ0) is 17.9. The predicted molar refractivity (Wildman–Crippen MR) is 96.9 cm³/mol. The molecule has 26 heavy (non-hydrogen) atoms. The van der Waals surface area contributed by atoms with E-state index in [2.05, 4.69) is 4.98 Å². The summed E-state index contributed by atoms with van der Waals surface area (Å²) in [6, 6.07) is 17.0. The van der Waals surface area contributed by atoms with Crippen molar-refractivity contribution in [2.45, 2.75) is 13.0 Å². The third-order valence-corrected chi connectivity index (χ3v) is 4.15. The maximum absolute atomic E-state index is 12.6. The zero-order valence-electron chi connectivity index (χ0n) is 13.9. The van der Waals surface area contributed by atoms with E-state index in [9.17, 15) is 9.59 Å². The number of carbonyl (C=O) groups excluding carboxylic acids is 1. The Bertz CT molecular complexity index is 1130. The molecule has 0 spiro atoms. The number of fused-ring (bicyclic) bond motifs is 3. The second-order valence-corrected chi connectivity index (χ2v) is 5.91. The summed E-state index contributed by atoms with van der Waals surface area (Å²) in [6.07, 6.45) is 1.98. The molecule has 2 aromatic carbocycles. The molecule has 0 N–H and O–H groups in total. The van der Waals surface area contributed by atoms with Crippen molar-refractivity contribution < 1.29 is 13.9 Å². The number of esters is 1. The number of benzene rings is 2. The fourth-order valence-electron chi connectivity index (χ4n) is 2.84. The third-order valence-electron chi connectivity index (χ3n) is 4.15. The first kappa shape index (κ1) is 16.1. The molecule has 0 aliphatic heterocycles. The van der Waals surface area contributed by atoms with E-state index in [1.54, 1.807) is 6.07 Å². The van der Waals surface area contributed by atoms with E-state index in [4.69, 9.17) is 9.15 Å². The third kappa shape index (κ3) is 3.09. The monoisotopic (exact) mass is 348 g/mol. The molecule has 0 saturated heterocycles. The lowest BCUT2D eigenvalue weighted by molar-refractivity contribution is -0.144. The van der Waals surface area contributed by atoms with Crippen LogP contribution >= 0.6 is 0 Å². The van der Waals surface area contributed by atoms with Gasteiger partial charge in [-0.2, -0.15) is 0 Å². The molecule has 0 aliphatic rings. The Morgan fingerprint density at radius 1 is 1.08 bits per heavy atom. The number of para-hydroxylation sites is 1. The summed E-state index contributed by atoms with van der Waals surface area (Å²) in [6.45, 7) is 0.0610. The minimum absolute atomic E-state index is 0.144. The molecule has 6 nitrogen and oxygen atoms in total. The van der Waals surface area contributed by atoms with Gasteiger partial charge in [0, 0.05) is 11.8 Å². The predicted octanol–water partition coefficient (Wildman–Crippen LogP) is 2.93. The molecule has 0 saturated carbocycles. The Balaban J connectivity index is 1.48. The van der Waals surface area contributed by atoms with Gasteiger partial charge in [0.1, 0.15) is 17.6 Å². The molecule has 2 aromatic heterocycles. The Morgan fingerprint density at radius 2 is 1.85 bits per heavy atom. The van der Waals surface area contributed by atoms with E-state index in [0.717, 1.165) is 10.9 Å². The largest absolute Gasteiger partial charge is 0.464 e. The summed E-state index contributed by atoms with van der Waals surface area (Å²) in [5.74, 6) is -0.486. The highest BCUT2D eigenvalue weighted by atomic mass is 16.5. The number of aromatic nitrogens is 2. The maximum Gasteiger partial charge on any atom is 0.326 e. The first-order valence-corrected chi connectivity index (χ1v) is 8.28. The van der Waals surface area contributed by atoms with Crippen LogP contribution in [-0.2, 0) is 22.5 Å². The summed E-state index contributed by atoms with van der Waals surface area (Å²) in [7, 11) is 0. The average Bonchev–Trinajstić information content (AvgIpc) is 3.04. The van der Waals surface area contributed by atoms with E-state index in [1.165, 1.54) is 10.9 Å². The maximum atomic E-state index is 12.6. The highest BCUT2D eigenvalue weighted by Crippen LogP contribution is 2.23. The summed E-state index contributed by atoms with van der Waals surface area (Å²) in [5.41, 5.74) is 1.93. The van der Waals surface area contributed by atoms with E-state index >= 15 is 0 Å². The first-order chi connectivity index (χ1) is 12.7. The normalized spacial score (nSPS) is 11.1. The van der Waals surface area contributed by atoms with Gasteiger partial charge < -0.3 is 9.15 Å². The lowest BCUT2D eigenvalue weighted by atomic mass is 10.2. The van der Waals surface area contributed by atoms with Crippen LogP contribution in [0.15, 0.2) is 70.1 Å². The molecule has 0 radical (unpaired) electrons. The smallest absolute Gasteiger partial charge is 0.326 e. The summed E-state index contributed by atoms with van der Waals surface area (Å²) < 4.78 is 12.0. The molecule has 0 bridgehead atoms. The second kappa shape index (κ2) is 6.84. The van der Waals surface area contributed by atoms with Gasteiger partial charge in [0.25, 0.3) is 5.56 Å². The van der Waals surface area contributed by atoms with E-state index in [-0.39, 0.29) is 18.7 Å². The van der Waals surface area contributed by atoms with Crippen LogP contribution in [0.25, 0.3) is 22.1 Å². The minimum Gasteiger partial charge on any atom is -0.464 e. The van der Waals surface area contributed by atoms with Crippen LogP contribution in [0.2, 0.25) is 0 Å². The lowest BCUT2D eigenvalue weighted by Crippen LogP contribution is -2.25. The van der Waals surface area contributed by atoms with Gasteiger partial charge in [0.05, 0.1) is 12.9 Å². The minimum atomic E-state index is -0.486. The summed E-state index contributed by atoms with van der Waals surface area (Å²) in [5, 5.41) is 0.775. The van der Waals surface area contributed by atoms with Crippen LogP contribution in [0.4, 0.5) is 0 Å². The molecule has 6 heteroatoms. The van der Waals surface area contributed by atoms with Gasteiger partial charge in [0.2, 0.25) is 5.58 Å². The van der Waals surface area contributed by atoms with Gasteiger partial charge in [-0.05, 0) is 17.7 Å². The number of carbonyl (C=O) groups is 1. The summed E-state index contributed by atoms with van der Waals surface area (Å²) >= 11 is 0. The number of rotatable bonds is 5. The van der Waals surface area contributed by atoms with E-state index in [1.807, 2.05) is 48.5 Å². The molecule has 2 heterocycles. The first-order valence-electron chi connectivity index (χ1n) is 8.28. The van der Waals surface area contributed by atoms with Crippen LogP contribution in [0.3, 0.4) is 0 Å². The van der Waals surface area contributed by atoms with Crippen LogP contribution in [0, 0.1) is 0 Å². The Kier molecular flexibility index (Phi) is 4.23. The summed E-state index contributed by atoms with van der Waals surface area (Å²) in [4.78, 5) is 28.8. The zero-order valence-corrected chi connectivity index (χ0v) is 13.9. The highest BCUT2D eigenvalue weighted by molar-refractivity contribution is 6.01. The van der Waals surface area contributed by atoms with Crippen LogP contribution in [0.5, 0.6) is 0 Å². The molecule has 130 valence electrons. The number of hydrogen-bond acceptors (Lipinski definition) is 5. The molecule has 0 aliphatic carbocycles. The van der Waals surface area contributed by atoms with E-state index < -0.39 is 11.5 Å². The van der Waals surface area contributed by atoms with Crippen molar-refractivity contribution in [2.75, 3.05) is 6.61 Å². The molecule has 0 atom stereocenters. The number of ether oxygens (including phenoxy) is 1. The van der Waals surface area contributed by atoms with Crippen molar-refractivity contribution in [3.05, 3.63) is 76.8 Å². The molecule has 0 fully saturated rings. The van der Waals surface area contributed by atoms with Crippen molar-refractivity contribution in [1.82, 2.24) is 9.55 Å². The van der Waals surface area contributed by atoms with Gasteiger partial charge >= 0.3 is 5.97 Å². The molecule has 4 aromatic rings. The van der Waals surface area contributed by atoms with Gasteiger partial charge in [-0.3, -0.25) is 14.2 Å². The molecule has 0 unspecified atom stereocenters. The Hall–Kier alpha value is -3.41. The van der Waals surface area contributed by atoms with E-state index in [0.29, 0.717) is 17.5 Å². The quantitative estimate of drug-likeness (QED) is 0.519. The number of hydrogen-bond donors (Lipinski definition) is 0. The van der Waals surface area contributed by atoms with Crippen molar-refractivity contribution in [3.8, 4) is 0 Å². The molecular formula is C20H16N2O4. The lowest BCUT2D eigenvalue weighted by Gasteiger charge is -2.06. The fraction of sp³-hybridized carbons (Fsp3) is 0.150. The molecule has 0 amide bonds. The Labute approximate surface area is 148 Å². The SMILES string of the molecule is O=C(Cn1cnc2c(oc3ccccc32)c1=O)OCCc1ccccc1. The second-order valence-electron chi connectivity index (χ2n) is 5.91. The van der Waals surface area contributed by atoms with Gasteiger partial charge in [-0.1, -0.05) is 42.5 Å². The fourth-order valence-corrected chi connectivity index (χ4v) is 2.84. The van der Waals surface area contributed by atoms with Crippen LogP contribution in [-0.4, -0.2) is 22.1 Å². The average molecular weight is 348 g/mol. The van der Waals surface area contributed by atoms with Crippen LogP contribution in [0.1, 0.15) is 5.56 Å². The van der Waals surface area contributed by atoms with Gasteiger partial charge in [-0.15, -0.1) is 0 Å². The van der Waals surface area contributed by atoms with Crippen LogP contribution < -0.4 is 5.56 Å². The molecular weight excluding hydrogens is 332 g/mol. The Morgan fingerprint density at radius 3 is 2.69 bits per heavy atom. The van der Waals surface area contributed by atoms with Crippen molar-refractivity contribution in [1.29, 1.82) is 0 Å². The number of furan rings is 1. The van der Waals surface area contributed by atoms with Crippen molar-refractivity contribution in [3.63, 3.8) is 0 Å². The number of nitrogens with zero attached hydrogens (tertiary/aromatic N) is 2. The van der Waals surface area contributed by atoms with Crippen molar-refractivity contribution in [2.24, 2.45) is 0 Å². The highest BCUT2D eigenvalue weighted by Gasteiger charge is 2.14. The molecule has 4 rings (SSSR count). The van der Waals surface area contributed by atoms with Crippen molar-refractivity contribution >= 4 is 28.0 Å². The van der Waals surface area contributed by atoms with Gasteiger partial charge in [-0.25, -0.2) is 4.98 Å². The van der Waals surface area contributed by atoms with Gasteiger partial charge in [0.15, 0.2) is 0 Å².